The van der Waals surface area contributed by atoms with Crippen LogP contribution in [-0.4, -0.2) is 20.8 Å². The first-order chi connectivity index (χ1) is 6.77. The first-order valence-electron chi connectivity index (χ1n) is 4.19. The lowest BCUT2D eigenvalue weighted by atomic mass is 10.3. The fourth-order valence-corrected chi connectivity index (χ4v) is 1.88. The lowest BCUT2D eigenvalue weighted by molar-refractivity contribution is 0.100. The van der Waals surface area contributed by atoms with Crippen LogP contribution in [0.15, 0.2) is 23.7 Å². The van der Waals surface area contributed by atoms with Gasteiger partial charge in [-0.05, 0) is 11.4 Å². The zero-order valence-corrected chi connectivity index (χ0v) is 8.49. The second-order valence-corrected chi connectivity index (χ2v) is 3.94. The molecule has 0 saturated carbocycles. The van der Waals surface area contributed by atoms with E-state index in [9.17, 15) is 4.79 Å². The maximum atomic E-state index is 11.2. The quantitative estimate of drug-likeness (QED) is 0.718. The maximum absolute atomic E-state index is 11.2. The average molecular weight is 207 g/mol. The molecular formula is C9H9N3OS. The van der Waals surface area contributed by atoms with E-state index in [1.54, 1.807) is 16.0 Å². The molecule has 0 N–H and O–H groups in total. The van der Waals surface area contributed by atoms with E-state index in [1.165, 1.54) is 13.1 Å². The monoisotopic (exact) mass is 207 g/mol. The Labute approximate surface area is 85.2 Å². The van der Waals surface area contributed by atoms with Crippen molar-refractivity contribution in [3.8, 4) is 0 Å². The van der Waals surface area contributed by atoms with Crippen molar-refractivity contribution in [2.45, 2.75) is 13.5 Å². The Kier molecular flexibility index (Phi) is 2.41. The highest BCUT2D eigenvalue weighted by molar-refractivity contribution is 7.09. The summed E-state index contributed by atoms with van der Waals surface area (Å²) >= 11 is 1.64. The van der Waals surface area contributed by atoms with E-state index in [2.05, 4.69) is 10.3 Å². The van der Waals surface area contributed by atoms with E-state index in [-0.39, 0.29) is 5.78 Å². The molecule has 0 aliphatic heterocycles. The lowest BCUT2D eigenvalue weighted by Gasteiger charge is -2.00. The molecule has 0 aliphatic carbocycles. The number of carbonyl (C=O) groups is 1. The fourth-order valence-electron chi connectivity index (χ4n) is 1.20. The van der Waals surface area contributed by atoms with Crippen molar-refractivity contribution < 1.29 is 4.79 Å². The first kappa shape index (κ1) is 9.08. The molecule has 0 aliphatic rings. The number of carbonyl (C=O) groups excluding carboxylic acids is 1. The number of aromatic nitrogens is 3. The molecule has 0 spiro atoms. The van der Waals surface area contributed by atoms with Crippen LogP contribution in [0.1, 0.15) is 22.3 Å². The minimum absolute atomic E-state index is 0.00782. The summed E-state index contributed by atoms with van der Waals surface area (Å²) < 4.78 is 1.62. The molecule has 0 radical (unpaired) electrons. The fraction of sp³-hybridized carbons (Fsp3) is 0.222. The van der Waals surface area contributed by atoms with Gasteiger partial charge < -0.3 is 0 Å². The number of thiophene rings is 1. The van der Waals surface area contributed by atoms with Gasteiger partial charge in [0, 0.05) is 11.8 Å². The van der Waals surface area contributed by atoms with Gasteiger partial charge in [-0.1, -0.05) is 11.3 Å². The Hall–Kier alpha value is -1.49. The minimum Gasteiger partial charge on any atom is -0.293 e. The van der Waals surface area contributed by atoms with Crippen LogP contribution < -0.4 is 0 Å². The van der Waals surface area contributed by atoms with Crippen LogP contribution in [0.2, 0.25) is 0 Å². The summed E-state index contributed by atoms with van der Waals surface area (Å²) in [6, 6.07) is 3.99. The highest BCUT2D eigenvalue weighted by atomic mass is 32.1. The van der Waals surface area contributed by atoms with Crippen molar-refractivity contribution in [1.29, 1.82) is 0 Å². The zero-order chi connectivity index (χ0) is 9.97. The topological polar surface area (TPSA) is 47.8 Å². The van der Waals surface area contributed by atoms with Crippen molar-refractivity contribution in [2.24, 2.45) is 0 Å². The summed E-state index contributed by atoms with van der Waals surface area (Å²) in [6.45, 7) is 2.14. The Morgan fingerprint density at radius 1 is 1.64 bits per heavy atom. The molecule has 0 bridgehead atoms. The predicted molar refractivity (Wildman–Crippen MR) is 53.4 cm³/mol. The van der Waals surface area contributed by atoms with Gasteiger partial charge in [0.25, 0.3) is 0 Å². The van der Waals surface area contributed by atoms with Gasteiger partial charge in [-0.3, -0.25) is 4.79 Å². The third-order valence-electron chi connectivity index (χ3n) is 1.86. The van der Waals surface area contributed by atoms with Gasteiger partial charge in [0.15, 0.2) is 5.78 Å². The van der Waals surface area contributed by atoms with Crippen LogP contribution in [0.25, 0.3) is 0 Å². The van der Waals surface area contributed by atoms with E-state index < -0.39 is 0 Å². The van der Waals surface area contributed by atoms with Gasteiger partial charge >= 0.3 is 0 Å². The molecule has 2 aromatic rings. The van der Waals surface area contributed by atoms with Crippen molar-refractivity contribution in [3.05, 3.63) is 34.3 Å². The number of hydrogen-bond acceptors (Lipinski definition) is 4. The molecule has 0 aromatic carbocycles. The van der Waals surface area contributed by atoms with Crippen LogP contribution in [0.3, 0.4) is 0 Å². The van der Waals surface area contributed by atoms with Gasteiger partial charge in [0.05, 0.1) is 12.7 Å². The lowest BCUT2D eigenvalue weighted by Crippen LogP contribution is -2.08. The molecule has 2 aromatic heterocycles. The van der Waals surface area contributed by atoms with Gasteiger partial charge in [-0.25, -0.2) is 4.68 Å². The van der Waals surface area contributed by atoms with Crippen LogP contribution in [0, 0.1) is 0 Å². The molecule has 72 valence electrons. The smallest absolute Gasteiger partial charge is 0.179 e. The van der Waals surface area contributed by atoms with Crippen LogP contribution >= 0.6 is 11.3 Å². The van der Waals surface area contributed by atoms with E-state index in [0.717, 1.165) is 4.88 Å². The van der Waals surface area contributed by atoms with E-state index in [1.807, 2.05) is 17.5 Å². The summed E-state index contributed by atoms with van der Waals surface area (Å²) in [5, 5.41) is 9.59. The van der Waals surface area contributed by atoms with Crippen LogP contribution in [-0.2, 0) is 6.54 Å². The molecular weight excluding hydrogens is 198 g/mol. The van der Waals surface area contributed by atoms with Crippen LogP contribution in [0.5, 0.6) is 0 Å². The molecule has 2 rings (SSSR count). The zero-order valence-electron chi connectivity index (χ0n) is 7.67. The Balaban J connectivity index is 2.25. The minimum atomic E-state index is -0.00782. The second-order valence-electron chi connectivity index (χ2n) is 2.91. The van der Waals surface area contributed by atoms with Gasteiger partial charge in [-0.2, -0.15) is 0 Å². The third kappa shape index (κ3) is 1.72. The number of Topliss-reactive ketones (excluding diaryl/α,β-unsaturated/α-hetero) is 1. The number of ketones is 1. The summed E-state index contributed by atoms with van der Waals surface area (Å²) in [6.07, 6.45) is 1.50. The molecule has 14 heavy (non-hydrogen) atoms. The number of rotatable bonds is 3. The molecule has 0 fully saturated rings. The maximum Gasteiger partial charge on any atom is 0.179 e. The molecule has 0 saturated heterocycles. The van der Waals surface area contributed by atoms with Crippen molar-refractivity contribution in [3.63, 3.8) is 0 Å². The molecule has 0 unspecified atom stereocenters. The van der Waals surface area contributed by atoms with E-state index >= 15 is 0 Å². The highest BCUT2D eigenvalue weighted by Gasteiger charge is 2.08. The molecule has 5 heteroatoms. The second kappa shape index (κ2) is 3.71. The summed E-state index contributed by atoms with van der Waals surface area (Å²) in [5.74, 6) is -0.00782. The number of hydrogen-bond donors (Lipinski definition) is 0. The normalized spacial score (nSPS) is 10.4. The molecule has 4 nitrogen and oxygen atoms in total. The van der Waals surface area contributed by atoms with Crippen molar-refractivity contribution in [1.82, 2.24) is 15.0 Å². The summed E-state index contributed by atoms with van der Waals surface area (Å²) in [7, 11) is 0. The van der Waals surface area contributed by atoms with Crippen LogP contribution in [0.4, 0.5) is 0 Å². The molecule has 0 atom stereocenters. The van der Waals surface area contributed by atoms with Crippen molar-refractivity contribution in [2.75, 3.05) is 0 Å². The standard InChI is InChI=1S/C9H9N3OS/c1-7(13)9-5-10-11-12(9)6-8-3-2-4-14-8/h2-5H,6H2,1H3. The Bertz CT molecular complexity index is 433. The highest BCUT2D eigenvalue weighted by Crippen LogP contribution is 2.11. The van der Waals surface area contributed by atoms with E-state index in [4.69, 9.17) is 0 Å². The summed E-state index contributed by atoms with van der Waals surface area (Å²) in [4.78, 5) is 12.3. The van der Waals surface area contributed by atoms with Gasteiger partial charge in [-0.15, -0.1) is 16.4 Å². The Morgan fingerprint density at radius 2 is 2.50 bits per heavy atom. The SMILES string of the molecule is CC(=O)c1cnnn1Cc1cccs1. The van der Waals surface area contributed by atoms with Crippen molar-refractivity contribution >= 4 is 17.1 Å². The predicted octanol–water partition coefficient (Wildman–Crippen LogP) is 1.59. The molecule has 2 heterocycles. The largest absolute Gasteiger partial charge is 0.293 e. The number of nitrogens with zero attached hydrogens (tertiary/aromatic N) is 3. The van der Waals surface area contributed by atoms with Gasteiger partial charge in [0.2, 0.25) is 0 Å². The van der Waals surface area contributed by atoms with Gasteiger partial charge in [0.1, 0.15) is 5.69 Å². The summed E-state index contributed by atoms with van der Waals surface area (Å²) in [5.41, 5.74) is 0.554. The first-order valence-corrected chi connectivity index (χ1v) is 5.07. The average Bonchev–Trinajstić information content (AvgIpc) is 2.75. The Morgan fingerprint density at radius 3 is 3.14 bits per heavy atom. The third-order valence-corrected chi connectivity index (χ3v) is 2.73. The molecule has 0 amide bonds. The van der Waals surface area contributed by atoms with E-state index in [0.29, 0.717) is 12.2 Å².